The molecule has 0 radical (unpaired) electrons. The number of rotatable bonds is 5. The van der Waals surface area contributed by atoms with Crippen molar-refractivity contribution in [2.24, 2.45) is 0 Å². The summed E-state index contributed by atoms with van der Waals surface area (Å²) < 4.78 is 12.9. The number of amides is 1. The van der Waals surface area contributed by atoms with Crippen LogP contribution in [0.1, 0.15) is 27.0 Å². The average Bonchev–Trinajstić information content (AvgIpc) is 2.64. The molecule has 0 aliphatic heterocycles. The van der Waals surface area contributed by atoms with Crippen LogP contribution in [0.4, 0.5) is 16.0 Å². The minimum atomic E-state index is -0.314. The number of halogens is 2. The van der Waals surface area contributed by atoms with Crippen molar-refractivity contribution in [3.8, 4) is 0 Å². The quantitative estimate of drug-likeness (QED) is 0.676. The van der Waals surface area contributed by atoms with Crippen LogP contribution in [0.3, 0.4) is 0 Å². The van der Waals surface area contributed by atoms with Crippen LogP contribution in [-0.4, -0.2) is 15.9 Å². The molecule has 0 atom stereocenters. The molecule has 0 aliphatic rings. The molecule has 0 unspecified atom stereocenters. The molecule has 2 N–H and O–H groups in total. The van der Waals surface area contributed by atoms with E-state index in [-0.39, 0.29) is 18.3 Å². The number of carbonyl (C=O) groups excluding carboxylic acids is 1. The van der Waals surface area contributed by atoms with E-state index in [0.717, 1.165) is 22.4 Å². The third-order valence-corrected chi connectivity index (χ3v) is 4.25. The molecule has 0 bridgehead atoms. The van der Waals surface area contributed by atoms with Gasteiger partial charge in [0.1, 0.15) is 5.82 Å². The third kappa shape index (κ3) is 4.80. The number of aryl methyl sites for hydroxylation is 2. The van der Waals surface area contributed by atoms with Gasteiger partial charge < -0.3 is 10.6 Å². The Morgan fingerprint density at radius 1 is 1.11 bits per heavy atom. The lowest BCUT2D eigenvalue weighted by molar-refractivity contribution is 0.0950. The van der Waals surface area contributed by atoms with Gasteiger partial charge in [-0.15, -0.1) is 0 Å². The van der Waals surface area contributed by atoms with Gasteiger partial charge in [-0.05, 0) is 48.7 Å². The van der Waals surface area contributed by atoms with E-state index in [0.29, 0.717) is 16.5 Å². The number of nitrogens with zero attached hydrogens (tertiary/aromatic N) is 2. The molecular formula is C20H18ClFN4O. The summed E-state index contributed by atoms with van der Waals surface area (Å²) in [6.07, 6.45) is 2.87. The van der Waals surface area contributed by atoms with Crippen molar-refractivity contribution >= 4 is 29.1 Å². The first-order valence-electron chi connectivity index (χ1n) is 8.31. The molecule has 0 spiro atoms. The first-order valence-corrected chi connectivity index (χ1v) is 8.68. The largest absolute Gasteiger partial charge is 0.348 e. The van der Waals surface area contributed by atoms with Crippen LogP contribution in [0.2, 0.25) is 5.02 Å². The summed E-state index contributed by atoms with van der Waals surface area (Å²) in [4.78, 5) is 20.5. The molecule has 1 aromatic heterocycles. The van der Waals surface area contributed by atoms with Crippen LogP contribution < -0.4 is 10.6 Å². The minimum absolute atomic E-state index is 0.289. The van der Waals surface area contributed by atoms with Crippen LogP contribution in [0, 0.1) is 19.7 Å². The van der Waals surface area contributed by atoms with Crippen molar-refractivity contribution in [3.05, 3.63) is 81.9 Å². The van der Waals surface area contributed by atoms with E-state index >= 15 is 0 Å². The molecule has 0 saturated heterocycles. The molecular weight excluding hydrogens is 367 g/mol. The van der Waals surface area contributed by atoms with Crippen molar-refractivity contribution in [2.45, 2.75) is 20.4 Å². The molecule has 27 heavy (non-hydrogen) atoms. The summed E-state index contributed by atoms with van der Waals surface area (Å²) in [6, 6.07) is 9.80. The number of carbonyl (C=O) groups is 1. The number of anilines is 2. The Balaban J connectivity index is 1.64. The zero-order valence-corrected chi connectivity index (χ0v) is 15.6. The van der Waals surface area contributed by atoms with Crippen LogP contribution in [0.25, 0.3) is 0 Å². The van der Waals surface area contributed by atoms with Gasteiger partial charge in [-0.25, -0.2) is 14.4 Å². The zero-order valence-electron chi connectivity index (χ0n) is 14.9. The van der Waals surface area contributed by atoms with Crippen molar-refractivity contribution < 1.29 is 9.18 Å². The van der Waals surface area contributed by atoms with Crippen molar-refractivity contribution in [3.63, 3.8) is 0 Å². The van der Waals surface area contributed by atoms with Crippen LogP contribution >= 0.6 is 11.6 Å². The number of nitrogens with one attached hydrogen (secondary N) is 2. The Morgan fingerprint density at radius 3 is 2.41 bits per heavy atom. The summed E-state index contributed by atoms with van der Waals surface area (Å²) >= 11 is 6.27. The number of aromatic nitrogens is 2. The summed E-state index contributed by atoms with van der Waals surface area (Å²) in [5.74, 6) is -0.278. The van der Waals surface area contributed by atoms with E-state index in [4.69, 9.17) is 11.6 Å². The molecule has 138 valence electrons. The predicted molar refractivity (Wildman–Crippen MR) is 104 cm³/mol. The average molecular weight is 385 g/mol. The zero-order chi connectivity index (χ0) is 19.4. The van der Waals surface area contributed by atoms with Gasteiger partial charge >= 0.3 is 0 Å². The lowest BCUT2D eigenvalue weighted by atomic mass is 10.1. The molecule has 2 aromatic carbocycles. The highest BCUT2D eigenvalue weighted by Gasteiger charge is 2.10. The summed E-state index contributed by atoms with van der Waals surface area (Å²) in [7, 11) is 0. The van der Waals surface area contributed by atoms with Gasteiger partial charge in [0, 0.05) is 18.9 Å². The third-order valence-electron chi connectivity index (χ3n) is 3.95. The fourth-order valence-electron chi connectivity index (χ4n) is 2.58. The van der Waals surface area contributed by atoms with Gasteiger partial charge in [-0.3, -0.25) is 4.79 Å². The maximum Gasteiger partial charge on any atom is 0.254 e. The second kappa shape index (κ2) is 8.14. The molecule has 3 aromatic rings. The Hall–Kier alpha value is -2.99. The first kappa shape index (κ1) is 18.8. The minimum Gasteiger partial charge on any atom is -0.348 e. The van der Waals surface area contributed by atoms with Crippen LogP contribution in [0.15, 0.2) is 48.8 Å². The van der Waals surface area contributed by atoms with E-state index in [2.05, 4.69) is 20.6 Å². The van der Waals surface area contributed by atoms with Crippen molar-refractivity contribution in [2.75, 3.05) is 5.32 Å². The van der Waals surface area contributed by atoms with Crippen molar-refractivity contribution in [1.82, 2.24) is 15.3 Å². The Labute approximate surface area is 161 Å². The van der Waals surface area contributed by atoms with E-state index in [1.54, 1.807) is 12.1 Å². The molecule has 7 heteroatoms. The SMILES string of the molecule is Cc1cc(C)c(Nc2ncc(C(=O)NCc3ccc(F)cc3)cn2)c(Cl)c1. The molecule has 0 saturated carbocycles. The lowest BCUT2D eigenvalue weighted by Gasteiger charge is -2.11. The summed E-state index contributed by atoms with van der Waals surface area (Å²) in [5, 5.41) is 6.40. The van der Waals surface area contributed by atoms with Gasteiger partial charge in [0.05, 0.1) is 16.3 Å². The number of benzene rings is 2. The normalized spacial score (nSPS) is 10.5. The lowest BCUT2D eigenvalue weighted by Crippen LogP contribution is -2.23. The van der Waals surface area contributed by atoms with Gasteiger partial charge in [0.2, 0.25) is 5.95 Å². The molecule has 0 aliphatic carbocycles. The highest BCUT2D eigenvalue weighted by Crippen LogP contribution is 2.29. The molecule has 3 rings (SSSR count). The van der Waals surface area contributed by atoms with Crippen LogP contribution in [-0.2, 0) is 6.54 Å². The van der Waals surface area contributed by atoms with E-state index in [1.165, 1.54) is 24.5 Å². The van der Waals surface area contributed by atoms with Gasteiger partial charge in [0.25, 0.3) is 5.91 Å². The first-order chi connectivity index (χ1) is 12.9. The van der Waals surface area contributed by atoms with Crippen LogP contribution in [0.5, 0.6) is 0 Å². The summed E-state index contributed by atoms with van der Waals surface area (Å²) in [5.41, 5.74) is 3.90. The van der Waals surface area contributed by atoms with Gasteiger partial charge in [-0.2, -0.15) is 0 Å². The molecule has 5 nitrogen and oxygen atoms in total. The van der Waals surface area contributed by atoms with E-state index in [9.17, 15) is 9.18 Å². The number of hydrogen-bond acceptors (Lipinski definition) is 4. The summed E-state index contributed by atoms with van der Waals surface area (Å²) in [6.45, 7) is 4.20. The highest BCUT2D eigenvalue weighted by molar-refractivity contribution is 6.33. The monoisotopic (exact) mass is 384 g/mol. The van der Waals surface area contributed by atoms with Gasteiger partial charge in [-0.1, -0.05) is 29.8 Å². The standard InChI is InChI=1S/C20H18ClFN4O/c1-12-7-13(2)18(17(21)8-12)26-20-24-10-15(11-25-20)19(27)23-9-14-3-5-16(22)6-4-14/h3-8,10-11H,9H2,1-2H3,(H,23,27)(H,24,25,26). The van der Waals surface area contributed by atoms with Gasteiger partial charge in [0.15, 0.2) is 0 Å². The maximum absolute atomic E-state index is 12.9. The highest BCUT2D eigenvalue weighted by atomic mass is 35.5. The topological polar surface area (TPSA) is 66.9 Å². The Bertz CT molecular complexity index is 936. The predicted octanol–water partition coefficient (Wildman–Crippen LogP) is 4.56. The second-order valence-corrected chi connectivity index (χ2v) is 6.58. The smallest absolute Gasteiger partial charge is 0.254 e. The fraction of sp³-hybridized carbons (Fsp3) is 0.150. The molecule has 0 fully saturated rings. The Kier molecular flexibility index (Phi) is 5.66. The molecule has 1 amide bonds. The maximum atomic E-state index is 12.9. The van der Waals surface area contributed by atoms with E-state index in [1.807, 2.05) is 26.0 Å². The second-order valence-electron chi connectivity index (χ2n) is 6.17. The fourth-order valence-corrected chi connectivity index (χ4v) is 2.95. The van der Waals surface area contributed by atoms with Crippen molar-refractivity contribution in [1.29, 1.82) is 0 Å². The molecule has 1 heterocycles. The van der Waals surface area contributed by atoms with E-state index < -0.39 is 0 Å². The number of hydrogen-bond donors (Lipinski definition) is 2. The Morgan fingerprint density at radius 2 is 1.78 bits per heavy atom.